The fourth-order valence-electron chi connectivity index (χ4n) is 1.71. The van der Waals surface area contributed by atoms with Crippen LogP contribution in [0.5, 0.6) is 0 Å². The maximum atomic E-state index is 13.8. The molecule has 0 unspecified atom stereocenters. The first-order valence-electron chi connectivity index (χ1n) is 5.27. The van der Waals surface area contributed by atoms with Gasteiger partial charge in [0.2, 0.25) is 0 Å². The Hall–Kier alpha value is -1.58. The van der Waals surface area contributed by atoms with Crippen LogP contribution < -0.4 is 11.4 Å². The molecule has 1 saturated heterocycles. The first-order valence-corrected chi connectivity index (χ1v) is 5.27. The van der Waals surface area contributed by atoms with Crippen LogP contribution in [0.4, 0.5) is 10.2 Å². The highest BCUT2D eigenvalue weighted by molar-refractivity contribution is 5.30. The van der Waals surface area contributed by atoms with E-state index in [4.69, 9.17) is 15.6 Å². The fraction of sp³-hybridized carbons (Fsp3) is 0.667. The molecule has 1 fully saturated rings. The van der Waals surface area contributed by atoms with Crippen molar-refractivity contribution in [2.45, 2.75) is 31.5 Å². The number of nitrogens with zero attached hydrogens (tertiary/aromatic N) is 3. The third-order valence-corrected chi connectivity index (χ3v) is 2.76. The Bertz CT molecular complexity index is 508. The maximum Gasteiger partial charge on any atom is 0.368 e. The molecule has 0 aliphatic carbocycles. The number of aliphatic hydroxyl groups is 2. The highest BCUT2D eigenvalue weighted by atomic mass is 19.1. The number of alkyl halides is 1. The smallest absolute Gasteiger partial charge is 0.368 e. The Labute approximate surface area is 101 Å². The van der Waals surface area contributed by atoms with Crippen molar-refractivity contribution in [3.8, 4) is 0 Å². The molecule has 0 amide bonds. The molecule has 18 heavy (non-hydrogen) atoms. The van der Waals surface area contributed by atoms with Crippen LogP contribution in [-0.4, -0.2) is 50.0 Å². The second-order valence-electron chi connectivity index (χ2n) is 3.99. The van der Waals surface area contributed by atoms with Gasteiger partial charge in [-0.3, -0.25) is 0 Å². The van der Waals surface area contributed by atoms with Gasteiger partial charge in [-0.05, 0) is 6.92 Å². The standard InChI is InChI=1S/C9H13FN4O4/c1-3-7(11)12-9(17)14(13-3)8-5(10)6(16)4(2-15)18-8/h4-6,8,15-16H,2H2,1H3,(H2,11,12,17)/t4-,5+,6-,8-/m1/s1. The average molecular weight is 260 g/mol. The van der Waals surface area contributed by atoms with E-state index in [0.717, 1.165) is 0 Å². The summed E-state index contributed by atoms with van der Waals surface area (Å²) in [5.74, 6) is -0.0519. The summed E-state index contributed by atoms with van der Waals surface area (Å²) in [7, 11) is 0. The lowest BCUT2D eigenvalue weighted by atomic mass is 10.1. The van der Waals surface area contributed by atoms with Crippen molar-refractivity contribution < 1.29 is 19.3 Å². The van der Waals surface area contributed by atoms with Crippen molar-refractivity contribution in [3.05, 3.63) is 16.2 Å². The first-order chi connectivity index (χ1) is 8.45. The van der Waals surface area contributed by atoms with E-state index in [9.17, 15) is 14.3 Å². The van der Waals surface area contributed by atoms with E-state index in [2.05, 4.69) is 10.1 Å². The Kier molecular flexibility index (Phi) is 3.28. The number of aliphatic hydroxyl groups excluding tert-OH is 2. The van der Waals surface area contributed by atoms with Gasteiger partial charge in [-0.25, -0.2) is 9.18 Å². The second kappa shape index (κ2) is 4.59. The Balaban J connectivity index is 2.39. The zero-order chi connectivity index (χ0) is 13.4. The molecule has 1 aliphatic heterocycles. The van der Waals surface area contributed by atoms with Crippen molar-refractivity contribution in [1.29, 1.82) is 0 Å². The van der Waals surface area contributed by atoms with Gasteiger partial charge in [-0.2, -0.15) is 14.8 Å². The van der Waals surface area contributed by atoms with Gasteiger partial charge in [0, 0.05) is 0 Å². The SMILES string of the molecule is Cc1nn([C@@H]2O[C@H](CO)[C@@H](O)[C@@H]2F)c(=O)nc1N. The number of hydrogen-bond acceptors (Lipinski definition) is 7. The lowest BCUT2D eigenvalue weighted by molar-refractivity contribution is -0.0548. The molecule has 4 atom stereocenters. The quantitative estimate of drug-likeness (QED) is 0.568. The first kappa shape index (κ1) is 12.9. The average Bonchev–Trinajstić information content (AvgIpc) is 2.61. The molecule has 9 heteroatoms. The topological polar surface area (TPSA) is 123 Å². The summed E-state index contributed by atoms with van der Waals surface area (Å²) >= 11 is 0. The van der Waals surface area contributed by atoms with E-state index >= 15 is 0 Å². The van der Waals surface area contributed by atoms with E-state index in [1.807, 2.05) is 0 Å². The van der Waals surface area contributed by atoms with Gasteiger partial charge in [-0.15, -0.1) is 0 Å². The third kappa shape index (κ3) is 1.96. The summed E-state index contributed by atoms with van der Waals surface area (Å²) < 4.78 is 19.5. The fourth-order valence-corrected chi connectivity index (χ4v) is 1.71. The zero-order valence-electron chi connectivity index (χ0n) is 9.52. The van der Waals surface area contributed by atoms with Gasteiger partial charge >= 0.3 is 5.69 Å². The van der Waals surface area contributed by atoms with E-state index in [1.54, 1.807) is 0 Å². The van der Waals surface area contributed by atoms with Crippen molar-refractivity contribution in [2.75, 3.05) is 12.3 Å². The molecular formula is C9H13FN4O4. The number of hydrogen-bond donors (Lipinski definition) is 3. The van der Waals surface area contributed by atoms with Crippen LogP contribution in [-0.2, 0) is 4.74 Å². The summed E-state index contributed by atoms with van der Waals surface area (Å²) in [5.41, 5.74) is 4.76. The van der Waals surface area contributed by atoms with Crippen LogP contribution in [0.3, 0.4) is 0 Å². The molecular weight excluding hydrogens is 247 g/mol. The largest absolute Gasteiger partial charge is 0.394 e. The summed E-state index contributed by atoms with van der Waals surface area (Å²) in [5, 5.41) is 22.1. The van der Waals surface area contributed by atoms with E-state index < -0.39 is 36.9 Å². The number of nitrogen functional groups attached to an aromatic ring is 1. The minimum Gasteiger partial charge on any atom is -0.394 e. The second-order valence-corrected chi connectivity index (χ2v) is 3.99. The monoisotopic (exact) mass is 260 g/mol. The van der Waals surface area contributed by atoms with Crippen molar-refractivity contribution >= 4 is 5.82 Å². The van der Waals surface area contributed by atoms with Crippen LogP contribution in [0.1, 0.15) is 11.9 Å². The molecule has 8 nitrogen and oxygen atoms in total. The molecule has 0 aromatic carbocycles. The maximum absolute atomic E-state index is 13.8. The highest BCUT2D eigenvalue weighted by Gasteiger charge is 2.46. The molecule has 0 radical (unpaired) electrons. The predicted molar refractivity (Wildman–Crippen MR) is 57.3 cm³/mol. The van der Waals surface area contributed by atoms with Crippen molar-refractivity contribution in [1.82, 2.24) is 14.8 Å². The Morgan fingerprint density at radius 2 is 2.28 bits per heavy atom. The van der Waals surface area contributed by atoms with Crippen molar-refractivity contribution in [2.24, 2.45) is 0 Å². The molecule has 1 aromatic rings. The lowest BCUT2D eigenvalue weighted by Crippen LogP contribution is -2.36. The van der Waals surface area contributed by atoms with Gasteiger partial charge < -0.3 is 20.7 Å². The number of nitrogens with two attached hydrogens (primary N) is 1. The van der Waals surface area contributed by atoms with Gasteiger partial charge in [0.05, 0.1) is 6.61 Å². The van der Waals surface area contributed by atoms with E-state index in [-0.39, 0.29) is 11.5 Å². The van der Waals surface area contributed by atoms with Crippen LogP contribution in [0, 0.1) is 6.92 Å². The predicted octanol–water partition coefficient (Wildman–Crippen LogP) is -1.88. The van der Waals surface area contributed by atoms with Gasteiger partial charge in [-0.1, -0.05) is 0 Å². The number of aryl methyl sites for hydroxylation is 1. The molecule has 0 spiro atoms. The van der Waals surface area contributed by atoms with Gasteiger partial charge in [0.1, 0.15) is 17.9 Å². The number of halogens is 1. The summed E-state index contributed by atoms with van der Waals surface area (Å²) in [6.07, 6.45) is -5.92. The molecule has 100 valence electrons. The summed E-state index contributed by atoms with van der Waals surface area (Å²) in [4.78, 5) is 15.0. The Morgan fingerprint density at radius 3 is 2.83 bits per heavy atom. The number of aromatic nitrogens is 3. The summed E-state index contributed by atoms with van der Waals surface area (Å²) in [6.45, 7) is 0.939. The van der Waals surface area contributed by atoms with E-state index in [1.165, 1.54) is 6.92 Å². The minimum absolute atomic E-state index is 0.0519. The van der Waals surface area contributed by atoms with Crippen LogP contribution in [0.25, 0.3) is 0 Å². The molecule has 0 saturated carbocycles. The number of rotatable bonds is 2. The molecule has 1 aliphatic rings. The molecule has 4 N–H and O–H groups in total. The Morgan fingerprint density at radius 1 is 1.61 bits per heavy atom. The molecule has 1 aromatic heterocycles. The van der Waals surface area contributed by atoms with Gasteiger partial charge in [0.25, 0.3) is 0 Å². The molecule has 2 rings (SSSR count). The lowest BCUT2D eigenvalue weighted by Gasteiger charge is -2.15. The summed E-state index contributed by atoms with van der Waals surface area (Å²) in [6, 6.07) is 0. The minimum atomic E-state index is -1.88. The van der Waals surface area contributed by atoms with E-state index in [0.29, 0.717) is 4.68 Å². The highest BCUT2D eigenvalue weighted by Crippen LogP contribution is 2.30. The number of ether oxygens (including phenoxy) is 1. The number of anilines is 1. The van der Waals surface area contributed by atoms with Gasteiger partial charge in [0.15, 0.2) is 18.2 Å². The normalized spacial score (nSPS) is 31.8. The van der Waals surface area contributed by atoms with Crippen LogP contribution in [0.15, 0.2) is 4.79 Å². The zero-order valence-corrected chi connectivity index (χ0v) is 9.52. The third-order valence-electron chi connectivity index (χ3n) is 2.76. The van der Waals surface area contributed by atoms with Crippen molar-refractivity contribution in [3.63, 3.8) is 0 Å². The van der Waals surface area contributed by atoms with Crippen LogP contribution >= 0.6 is 0 Å². The molecule has 2 heterocycles. The molecule has 0 bridgehead atoms. The van der Waals surface area contributed by atoms with Crippen LogP contribution in [0.2, 0.25) is 0 Å².